The Bertz CT molecular complexity index is 732. The lowest BCUT2D eigenvalue weighted by atomic mass is 9.96. The van der Waals surface area contributed by atoms with Gasteiger partial charge >= 0.3 is 0 Å². The Balaban J connectivity index is 2.08. The van der Waals surface area contributed by atoms with Crippen molar-refractivity contribution in [1.29, 1.82) is 0 Å². The van der Waals surface area contributed by atoms with Crippen molar-refractivity contribution in [2.45, 2.75) is 53.4 Å². The van der Waals surface area contributed by atoms with E-state index in [0.717, 1.165) is 5.75 Å². The molecule has 0 aliphatic carbocycles. The predicted molar refractivity (Wildman–Crippen MR) is 103 cm³/mol. The van der Waals surface area contributed by atoms with Gasteiger partial charge < -0.3 is 14.6 Å². The number of carbonyl (C=O) groups is 1. The van der Waals surface area contributed by atoms with E-state index in [1.807, 2.05) is 41.5 Å². The molecule has 0 saturated carbocycles. The normalized spacial score (nSPS) is 13.2. The molecule has 0 saturated heterocycles. The maximum atomic E-state index is 12.6. The van der Waals surface area contributed by atoms with E-state index in [1.165, 1.54) is 0 Å². The molecule has 4 nitrogen and oxygen atoms in total. The third kappa shape index (κ3) is 5.60. The minimum Gasteiger partial charge on any atom is -0.488 e. The van der Waals surface area contributed by atoms with Gasteiger partial charge in [-0.2, -0.15) is 0 Å². The van der Waals surface area contributed by atoms with Crippen molar-refractivity contribution in [2.24, 2.45) is 5.41 Å². The molecular formula is C22H28O4. The average Bonchev–Trinajstić information content (AvgIpc) is 2.53. The lowest BCUT2D eigenvalue weighted by Crippen LogP contribution is -2.31. The summed E-state index contributed by atoms with van der Waals surface area (Å²) in [5, 5.41) is 10.0. The molecular weight excluding hydrogens is 328 g/mol. The highest BCUT2D eigenvalue weighted by Gasteiger charge is 2.24. The summed E-state index contributed by atoms with van der Waals surface area (Å²) in [6.07, 6.45) is -0.917. The molecule has 2 rings (SSSR count). The molecule has 0 amide bonds. The van der Waals surface area contributed by atoms with Gasteiger partial charge in [-0.25, -0.2) is 0 Å². The Morgan fingerprint density at radius 2 is 1.23 bits per heavy atom. The fraction of sp³-hybridized carbons (Fsp3) is 0.409. The van der Waals surface area contributed by atoms with Crippen LogP contribution in [-0.4, -0.2) is 22.8 Å². The molecule has 0 fully saturated rings. The summed E-state index contributed by atoms with van der Waals surface area (Å²) in [7, 11) is 0. The molecule has 0 bridgehead atoms. The summed E-state index contributed by atoms with van der Waals surface area (Å²) in [5.41, 5.74) is 0.492. The predicted octanol–water partition coefficient (Wildman–Crippen LogP) is 4.84. The first-order chi connectivity index (χ1) is 12.0. The second-order valence-electron chi connectivity index (χ2n) is 8.43. The van der Waals surface area contributed by atoms with Crippen molar-refractivity contribution in [1.82, 2.24) is 0 Å². The molecule has 0 radical (unpaired) electrons. The Kier molecular flexibility index (Phi) is 5.77. The van der Waals surface area contributed by atoms with Crippen LogP contribution in [0.25, 0.3) is 0 Å². The SMILES string of the molecule is CC(C)(C)Oc1ccc(C(=O)c2ccc(OC(O)C(C)(C)C)cc2)cc1. The molecule has 26 heavy (non-hydrogen) atoms. The number of rotatable bonds is 5. The molecule has 1 atom stereocenters. The molecule has 0 aliphatic heterocycles. The van der Waals surface area contributed by atoms with Gasteiger partial charge in [0.25, 0.3) is 0 Å². The lowest BCUT2D eigenvalue weighted by molar-refractivity contribution is -0.0931. The molecule has 0 aliphatic rings. The number of ether oxygens (including phenoxy) is 2. The quantitative estimate of drug-likeness (QED) is 0.615. The minimum atomic E-state index is -0.917. The van der Waals surface area contributed by atoms with E-state index in [4.69, 9.17) is 9.47 Å². The van der Waals surface area contributed by atoms with Crippen molar-refractivity contribution in [2.75, 3.05) is 0 Å². The number of benzene rings is 2. The van der Waals surface area contributed by atoms with Crippen LogP contribution >= 0.6 is 0 Å². The first-order valence-electron chi connectivity index (χ1n) is 8.74. The molecule has 2 aromatic rings. The highest BCUT2D eigenvalue weighted by Crippen LogP contribution is 2.24. The summed E-state index contributed by atoms with van der Waals surface area (Å²) in [6.45, 7) is 11.6. The van der Waals surface area contributed by atoms with Gasteiger partial charge in [-0.3, -0.25) is 4.79 Å². The minimum absolute atomic E-state index is 0.0739. The van der Waals surface area contributed by atoms with Crippen molar-refractivity contribution >= 4 is 5.78 Å². The number of aliphatic hydroxyl groups excluding tert-OH is 1. The van der Waals surface area contributed by atoms with Crippen molar-refractivity contribution in [3.8, 4) is 11.5 Å². The average molecular weight is 356 g/mol. The monoisotopic (exact) mass is 356 g/mol. The third-order valence-electron chi connectivity index (χ3n) is 3.65. The van der Waals surface area contributed by atoms with E-state index in [2.05, 4.69) is 0 Å². The van der Waals surface area contributed by atoms with E-state index in [1.54, 1.807) is 48.5 Å². The van der Waals surface area contributed by atoms with Crippen LogP contribution in [0.1, 0.15) is 57.5 Å². The van der Waals surface area contributed by atoms with Crippen LogP contribution in [0.4, 0.5) is 0 Å². The van der Waals surface area contributed by atoms with E-state index in [-0.39, 0.29) is 16.8 Å². The van der Waals surface area contributed by atoms with E-state index < -0.39 is 6.29 Å². The molecule has 0 aromatic heterocycles. The second-order valence-corrected chi connectivity index (χ2v) is 8.43. The van der Waals surface area contributed by atoms with Gasteiger partial charge in [-0.1, -0.05) is 20.8 Å². The van der Waals surface area contributed by atoms with Gasteiger partial charge in [0.15, 0.2) is 5.78 Å². The zero-order valence-electron chi connectivity index (χ0n) is 16.4. The molecule has 1 unspecified atom stereocenters. The highest BCUT2D eigenvalue weighted by molar-refractivity contribution is 6.09. The van der Waals surface area contributed by atoms with Crippen LogP contribution in [0.3, 0.4) is 0 Å². The first kappa shape index (κ1) is 20.0. The maximum Gasteiger partial charge on any atom is 0.202 e. The van der Waals surface area contributed by atoms with Crippen LogP contribution in [-0.2, 0) is 0 Å². The van der Waals surface area contributed by atoms with Gasteiger partial charge in [-0.15, -0.1) is 0 Å². The Morgan fingerprint density at radius 3 is 1.62 bits per heavy atom. The number of carbonyl (C=O) groups excluding carboxylic acids is 1. The summed E-state index contributed by atoms with van der Waals surface area (Å²) in [6, 6.07) is 13.9. The fourth-order valence-electron chi connectivity index (χ4n) is 2.19. The molecule has 0 spiro atoms. The Hall–Kier alpha value is -2.33. The van der Waals surface area contributed by atoms with Crippen LogP contribution in [0, 0.1) is 5.41 Å². The summed E-state index contributed by atoms with van der Waals surface area (Å²) in [4.78, 5) is 12.6. The second kappa shape index (κ2) is 7.50. The Labute approximate surface area is 155 Å². The molecule has 140 valence electrons. The lowest BCUT2D eigenvalue weighted by Gasteiger charge is -2.26. The van der Waals surface area contributed by atoms with Crippen LogP contribution in [0.2, 0.25) is 0 Å². The van der Waals surface area contributed by atoms with Crippen molar-refractivity contribution < 1.29 is 19.4 Å². The standard InChI is InChI=1S/C22H28O4/c1-21(2,3)20(24)25-17-11-7-15(8-12-17)19(23)16-9-13-18(14-10-16)26-22(4,5)6/h7-14,20,24H,1-6H3. The molecule has 0 heterocycles. The highest BCUT2D eigenvalue weighted by atomic mass is 16.6. The van der Waals surface area contributed by atoms with Crippen molar-refractivity contribution in [3.05, 3.63) is 59.7 Å². The number of ketones is 1. The van der Waals surface area contributed by atoms with Gasteiger partial charge in [-0.05, 0) is 69.3 Å². The topological polar surface area (TPSA) is 55.8 Å². The summed E-state index contributed by atoms with van der Waals surface area (Å²) < 4.78 is 11.3. The fourth-order valence-corrected chi connectivity index (χ4v) is 2.19. The zero-order valence-corrected chi connectivity index (χ0v) is 16.4. The number of hydrogen-bond acceptors (Lipinski definition) is 4. The molecule has 4 heteroatoms. The van der Waals surface area contributed by atoms with E-state index in [9.17, 15) is 9.90 Å². The zero-order chi connectivity index (χ0) is 19.5. The van der Waals surface area contributed by atoms with Crippen LogP contribution in [0.5, 0.6) is 11.5 Å². The first-order valence-corrected chi connectivity index (χ1v) is 8.74. The molecule has 1 N–H and O–H groups in total. The summed E-state index contributed by atoms with van der Waals surface area (Å²) >= 11 is 0. The van der Waals surface area contributed by atoms with Gasteiger partial charge in [0.1, 0.15) is 17.1 Å². The smallest absolute Gasteiger partial charge is 0.202 e. The number of hydrogen-bond donors (Lipinski definition) is 1. The molecule has 2 aromatic carbocycles. The number of aliphatic hydroxyl groups is 1. The van der Waals surface area contributed by atoms with Gasteiger partial charge in [0, 0.05) is 16.5 Å². The Morgan fingerprint density at radius 1 is 0.808 bits per heavy atom. The summed E-state index contributed by atoms with van der Waals surface area (Å²) in [5.74, 6) is 1.18. The van der Waals surface area contributed by atoms with E-state index >= 15 is 0 Å². The van der Waals surface area contributed by atoms with Crippen LogP contribution in [0.15, 0.2) is 48.5 Å². The van der Waals surface area contributed by atoms with Gasteiger partial charge in [0.05, 0.1) is 0 Å². The third-order valence-corrected chi connectivity index (χ3v) is 3.65. The largest absolute Gasteiger partial charge is 0.488 e. The maximum absolute atomic E-state index is 12.6. The van der Waals surface area contributed by atoms with Crippen molar-refractivity contribution in [3.63, 3.8) is 0 Å². The van der Waals surface area contributed by atoms with E-state index in [0.29, 0.717) is 16.9 Å². The van der Waals surface area contributed by atoms with Crippen LogP contribution < -0.4 is 9.47 Å². The van der Waals surface area contributed by atoms with Gasteiger partial charge in [0.2, 0.25) is 6.29 Å².